The number of anilines is 2. The number of benzene rings is 1. The van der Waals surface area contributed by atoms with Crippen molar-refractivity contribution in [3.63, 3.8) is 0 Å². The van der Waals surface area contributed by atoms with Crippen LogP contribution in [-0.4, -0.2) is 54.9 Å². The van der Waals surface area contributed by atoms with Crippen LogP contribution in [0.2, 0.25) is 0 Å². The van der Waals surface area contributed by atoms with Crippen LogP contribution in [0.15, 0.2) is 18.2 Å². The van der Waals surface area contributed by atoms with Gasteiger partial charge >= 0.3 is 0 Å². The van der Waals surface area contributed by atoms with Gasteiger partial charge in [0.2, 0.25) is 5.91 Å². The third kappa shape index (κ3) is 2.79. The Hall–Kier alpha value is -1.63. The molecule has 24 heavy (non-hydrogen) atoms. The smallest absolute Gasteiger partial charge is 0.225 e. The predicted molar refractivity (Wildman–Crippen MR) is 96.0 cm³/mol. The Balaban J connectivity index is 1.96. The molecule has 2 aliphatic rings. The number of nitrogens with zero attached hydrogens (tertiary/aromatic N) is 3. The molecule has 1 aromatic rings. The third-order valence-corrected chi connectivity index (χ3v) is 5.60. The number of rotatable bonds is 1. The van der Waals surface area contributed by atoms with E-state index in [1.807, 2.05) is 19.1 Å². The van der Waals surface area contributed by atoms with Gasteiger partial charge in [-0.3, -0.25) is 9.69 Å². The molecule has 3 N–H and O–H groups in total. The number of hydrogen-bond acceptors (Lipinski definition) is 5. The van der Waals surface area contributed by atoms with E-state index in [0.29, 0.717) is 6.04 Å². The number of aliphatic hydroxyl groups is 1. The lowest BCUT2D eigenvalue weighted by molar-refractivity contribution is -0.119. The largest absolute Gasteiger partial charge is 0.373 e. The molecule has 1 fully saturated rings. The van der Waals surface area contributed by atoms with Crippen molar-refractivity contribution in [2.24, 2.45) is 11.7 Å². The van der Waals surface area contributed by atoms with Crippen molar-refractivity contribution in [1.29, 1.82) is 0 Å². The van der Waals surface area contributed by atoms with Gasteiger partial charge in [-0.05, 0) is 37.7 Å². The number of hydrogen-bond donors (Lipinski definition) is 2. The van der Waals surface area contributed by atoms with Gasteiger partial charge in [-0.2, -0.15) is 0 Å². The number of carbonyl (C=O) groups excluding carboxylic acids is 1. The lowest BCUT2D eigenvalue weighted by Gasteiger charge is -2.42. The monoisotopic (exact) mass is 332 g/mol. The maximum atomic E-state index is 12.0. The van der Waals surface area contributed by atoms with Crippen LogP contribution in [0, 0.1) is 5.92 Å². The van der Waals surface area contributed by atoms with Gasteiger partial charge in [0.15, 0.2) is 0 Å². The first-order chi connectivity index (χ1) is 11.3. The number of fused-ring (bicyclic) bond motifs is 1. The van der Waals surface area contributed by atoms with E-state index in [4.69, 9.17) is 5.73 Å². The average Bonchev–Trinajstić information content (AvgIpc) is 2.55. The molecule has 2 heterocycles. The molecule has 1 aromatic carbocycles. The number of aliphatic hydroxyl groups excluding tert-OH is 1. The number of carbonyl (C=O) groups is 1. The van der Waals surface area contributed by atoms with E-state index in [1.165, 1.54) is 11.8 Å². The summed E-state index contributed by atoms with van der Waals surface area (Å²) < 4.78 is 0. The van der Waals surface area contributed by atoms with Crippen molar-refractivity contribution < 1.29 is 9.90 Å². The molecule has 6 nitrogen and oxygen atoms in total. The third-order valence-electron chi connectivity index (χ3n) is 5.60. The minimum atomic E-state index is -0.875. The fourth-order valence-electron chi connectivity index (χ4n) is 3.71. The molecule has 0 saturated carbocycles. The highest BCUT2D eigenvalue weighted by molar-refractivity contribution is 5.94. The van der Waals surface area contributed by atoms with E-state index in [1.54, 1.807) is 0 Å². The van der Waals surface area contributed by atoms with E-state index in [-0.39, 0.29) is 17.9 Å². The second kappa shape index (κ2) is 6.35. The maximum absolute atomic E-state index is 12.0. The summed E-state index contributed by atoms with van der Waals surface area (Å²) in [6.45, 7) is 8.57. The summed E-state index contributed by atoms with van der Waals surface area (Å²) in [5.41, 5.74) is 9.17. The van der Waals surface area contributed by atoms with Gasteiger partial charge in [-0.1, -0.05) is 6.92 Å². The lowest BCUT2D eigenvalue weighted by atomic mass is 9.87. The van der Waals surface area contributed by atoms with E-state index in [9.17, 15) is 9.90 Å². The standard InChI is InChI=1S/C18H28N4O2/c1-11-10-21(8-7-20(11)4)14-5-6-16-15(9-14)17(19)12(2)18(24)22(16)13(3)23/h5-6,9,11-12,17-18,24H,7-8,10,19H2,1-4H3/t11-,12?,17+,18-/m0/s1. The summed E-state index contributed by atoms with van der Waals surface area (Å²) in [6, 6.07) is 6.26. The van der Waals surface area contributed by atoms with Crippen molar-refractivity contribution >= 4 is 17.3 Å². The number of piperazine rings is 1. The minimum Gasteiger partial charge on any atom is -0.373 e. The number of nitrogens with two attached hydrogens (primary N) is 1. The fourth-order valence-corrected chi connectivity index (χ4v) is 3.71. The summed E-state index contributed by atoms with van der Waals surface area (Å²) >= 11 is 0. The molecule has 1 unspecified atom stereocenters. The summed E-state index contributed by atoms with van der Waals surface area (Å²) in [7, 11) is 2.15. The van der Waals surface area contributed by atoms with Crippen molar-refractivity contribution in [2.45, 2.75) is 39.1 Å². The van der Waals surface area contributed by atoms with Crippen molar-refractivity contribution in [3.05, 3.63) is 23.8 Å². The van der Waals surface area contributed by atoms with E-state index in [2.05, 4.69) is 29.8 Å². The zero-order valence-corrected chi connectivity index (χ0v) is 14.9. The van der Waals surface area contributed by atoms with Crippen LogP contribution in [0.25, 0.3) is 0 Å². The Kier molecular flexibility index (Phi) is 4.55. The predicted octanol–water partition coefficient (Wildman–Crippen LogP) is 1.15. The quantitative estimate of drug-likeness (QED) is 0.807. The number of likely N-dealkylation sites (N-methyl/N-ethyl adjacent to an activating group) is 1. The molecule has 4 atom stereocenters. The van der Waals surface area contributed by atoms with Crippen molar-refractivity contribution in [2.75, 3.05) is 36.5 Å². The van der Waals surface area contributed by atoms with Crippen LogP contribution in [0.3, 0.4) is 0 Å². The van der Waals surface area contributed by atoms with E-state index in [0.717, 1.165) is 36.6 Å². The molecule has 6 heteroatoms. The Bertz CT molecular complexity index is 635. The zero-order valence-electron chi connectivity index (χ0n) is 14.9. The van der Waals surface area contributed by atoms with Crippen LogP contribution in [0.4, 0.5) is 11.4 Å². The molecular weight excluding hydrogens is 304 g/mol. The first kappa shape index (κ1) is 17.2. The molecule has 1 amide bonds. The molecule has 132 valence electrons. The summed E-state index contributed by atoms with van der Waals surface area (Å²) in [6.07, 6.45) is -0.875. The Labute approximate surface area is 143 Å². The van der Waals surface area contributed by atoms with E-state index >= 15 is 0 Å². The van der Waals surface area contributed by atoms with Gasteiger partial charge in [0.05, 0.1) is 5.69 Å². The normalized spacial score (nSPS) is 31.1. The second-order valence-electron chi connectivity index (χ2n) is 7.21. The molecule has 0 bridgehead atoms. The molecule has 0 aromatic heterocycles. The van der Waals surface area contributed by atoms with E-state index < -0.39 is 6.23 Å². The molecule has 0 spiro atoms. The fraction of sp³-hybridized carbons (Fsp3) is 0.611. The summed E-state index contributed by atoms with van der Waals surface area (Å²) in [5, 5.41) is 10.4. The maximum Gasteiger partial charge on any atom is 0.225 e. The van der Waals surface area contributed by atoms with Gasteiger partial charge in [-0.25, -0.2) is 0 Å². The van der Waals surface area contributed by atoms with Crippen molar-refractivity contribution in [3.8, 4) is 0 Å². The summed E-state index contributed by atoms with van der Waals surface area (Å²) in [5.74, 6) is -0.369. The molecule has 2 aliphatic heterocycles. The minimum absolute atomic E-state index is 0.163. The molecule has 1 saturated heterocycles. The highest BCUT2D eigenvalue weighted by atomic mass is 16.3. The van der Waals surface area contributed by atoms with Crippen LogP contribution < -0.4 is 15.5 Å². The Morgan fingerprint density at radius 3 is 2.62 bits per heavy atom. The van der Waals surface area contributed by atoms with Gasteiger partial charge < -0.3 is 20.6 Å². The van der Waals surface area contributed by atoms with Crippen LogP contribution >= 0.6 is 0 Å². The molecule has 0 aliphatic carbocycles. The van der Waals surface area contributed by atoms with Crippen LogP contribution in [-0.2, 0) is 4.79 Å². The van der Waals surface area contributed by atoms with Crippen molar-refractivity contribution in [1.82, 2.24) is 4.90 Å². The number of amides is 1. The highest BCUT2D eigenvalue weighted by Gasteiger charge is 2.38. The van der Waals surface area contributed by atoms with Crippen LogP contribution in [0.1, 0.15) is 32.4 Å². The average molecular weight is 332 g/mol. The first-order valence-electron chi connectivity index (χ1n) is 8.64. The topological polar surface area (TPSA) is 73.0 Å². The summed E-state index contributed by atoms with van der Waals surface area (Å²) in [4.78, 5) is 18.2. The highest BCUT2D eigenvalue weighted by Crippen LogP contribution is 2.40. The van der Waals surface area contributed by atoms with Crippen LogP contribution in [0.5, 0.6) is 0 Å². The zero-order chi connectivity index (χ0) is 17.6. The van der Waals surface area contributed by atoms with Gasteiger partial charge in [0.25, 0.3) is 0 Å². The van der Waals surface area contributed by atoms with Gasteiger partial charge in [-0.15, -0.1) is 0 Å². The second-order valence-corrected chi connectivity index (χ2v) is 7.21. The first-order valence-corrected chi connectivity index (χ1v) is 8.64. The van der Waals surface area contributed by atoms with Gasteiger partial charge in [0, 0.05) is 50.2 Å². The van der Waals surface area contributed by atoms with Gasteiger partial charge in [0.1, 0.15) is 6.23 Å². The molecular formula is C18H28N4O2. The molecule has 0 radical (unpaired) electrons. The molecule has 3 rings (SSSR count). The SMILES string of the molecule is CC(=O)N1c2ccc(N3CCN(C)[C@@H](C)C3)cc2[C@H](N)C(C)[C@@H]1O. The Morgan fingerprint density at radius 1 is 1.29 bits per heavy atom. The Morgan fingerprint density at radius 2 is 2.00 bits per heavy atom. The lowest BCUT2D eigenvalue weighted by Crippen LogP contribution is -2.51.